The molecule has 0 bridgehead atoms. The van der Waals surface area contributed by atoms with Gasteiger partial charge in [0.2, 0.25) is 5.78 Å². The molecule has 7 rings (SSSR count). The van der Waals surface area contributed by atoms with Crippen LogP contribution in [0, 0.1) is 23.7 Å². The second kappa shape index (κ2) is 21.2. The van der Waals surface area contributed by atoms with Gasteiger partial charge >= 0.3 is 6.09 Å². The number of thioether (sulfide) groups is 1. The number of nitrogens with one attached hydrogen (secondary N) is 4. The lowest BCUT2D eigenvalue weighted by atomic mass is 9.83. The van der Waals surface area contributed by atoms with Gasteiger partial charge in [0.1, 0.15) is 34.8 Å². The lowest BCUT2D eigenvalue weighted by Crippen LogP contribution is -2.68. The van der Waals surface area contributed by atoms with Crippen molar-refractivity contribution in [1.29, 1.82) is 0 Å². The number of hydrogen-bond donors (Lipinski definition) is 6. The van der Waals surface area contributed by atoms with Crippen LogP contribution < -0.4 is 16.1 Å². The van der Waals surface area contributed by atoms with Crippen molar-refractivity contribution in [3.63, 3.8) is 0 Å². The molecular formula is C47H54N4O12S4. The number of amides is 1. The van der Waals surface area contributed by atoms with Gasteiger partial charge in [-0.1, -0.05) is 50.8 Å². The smallest absolute Gasteiger partial charge is 0.407 e. The van der Waals surface area contributed by atoms with Crippen LogP contribution in [0.2, 0.25) is 0 Å². The van der Waals surface area contributed by atoms with E-state index in [0.717, 1.165) is 24.3 Å². The normalized spacial score (nSPS) is 31.1. The van der Waals surface area contributed by atoms with Crippen molar-refractivity contribution < 1.29 is 53.0 Å². The van der Waals surface area contributed by atoms with Gasteiger partial charge in [-0.3, -0.25) is 14.4 Å². The fourth-order valence-corrected chi connectivity index (χ4v) is 10.9. The molecule has 67 heavy (non-hydrogen) atoms. The van der Waals surface area contributed by atoms with E-state index in [0.29, 0.717) is 16.4 Å². The molecule has 6 N–H and O–H groups in total. The van der Waals surface area contributed by atoms with Gasteiger partial charge in [0.15, 0.2) is 23.8 Å². The van der Waals surface area contributed by atoms with Gasteiger partial charge in [-0.25, -0.2) is 4.79 Å². The molecule has 2 aromatic heterocycles. The van der Waals surface area contributed by atoms with Crippen molar-refractivity contribution in [2.24, 2.45) is 0 Å². The fourth-order valence-electron chi connectivity index (χ4n) is 8.99. The number of alkyl carbamates (subject to hydrolysis) is 1. The van der Waals surface area contributed by atoms with Gasteiger partial charge in [0, 0.05) is 65.9 Å². The Kier molecular flexibility index (Phi) is 16.0. The molecule has 0 saturated carbocycles. The molecule has 11 atom stereocenters. The summed E-state index contributed by atoms with van der Waals surface area (Å²) in [4.78, 5) is 60.8. The zero-order chi connectivity index (χ0) is 48.4. The molecular weight excluding hydrogens is 941 g/mol. The van der Waals surface area contributed by atoms with Crippen molar-refractivity contribution in [3.8, 4) is 23.7 Å². The molecule has 1 amide bonds. The summed E-state index contributed by atoms with van der Waals surface area (Å²) in [5, 5.41) is 32.2. The third kappa shape index (κ3) is 10.7. The Balaban J connectivity index is 1.37. The van der Waals surface area contributed by atoms with Gasteiger partial charge in [-0.15, -0.1) is 11.8 Å². The third-order valence-electron chi connectivity index (χ3n) is 12.1. The highest BCUT2D eigenvalue weighted by Crippen LogP contribution is 2.46. The zero-order valence-corrected chi connectivity index (χ0v) is 41.2. The summed E-state index contributed by atoms with van der Waals surface area (Å²) in [6, 6.07) is 4.90. The molecule has 4 aliphatic rings. The van der Waals surface area contributed by atoms with Crippen LogP contribution in [0.25, 0.3) is 21.8 Å². The number of H-pyrrole nitrogens is 2. The van der Waals surface area contributed by atoms with E-state index in [1.807, 2.05) is 13.8 Å². The number of ketones is 2. The first-order chi connectivity index (χ1) is 31.9. The van der Waals surface area contributed by atoms with E-state index in [9.17, 15) is 24.6 Å². The predicted molar refractivity (Wildman–Crippen MR) is 262 cm³/mol. The van der Waals surface area contributed by atoms with E-state index in [4.69, 9.17) is 50.8 Å². The summed E-state index contributed by atoms with van der Waals surface area (Å²) < 4.78 is 35.7. The fraction of sp³-hybridized carbons (Fsp3) is 0.489. The molecule has 1 aromatic carbocycles. The number of aliphatic hydroxyl groups is 2. The Morgan fingerprint density at radius 3 is 2.58 bits per heavy atom. The largest absolute Gasteiger partial charge is 0.453 e. The first kappa shape index (κ1) is 50.6. The van der Waals surface area contributed by atoms with Crippen molar-refractivity contribution in [3.05, 3.63) is 81.3 Å². The molecule has 3 aromatic rings. The Labute approximate surface area is 402 Å². The summed E-state index contributed by atoms with van der Waals surface area (Å²) >= 11 is 12.3. The Morgan fingerprint density at radius 1 is 1.12 bits per heavy atom. The van der Waals surface area contributed by atoms with Crippen LogP contribution in [-0.2, 0) is 62.7 Å². The molecule has 16 nitrogen and oxygen atoms in total. The van der Waals surface area contributed by atoms with Gasteiger partial charge < -0.3 is 59.2 Å². The lowest BCUT2D eigenvalue weighted by molar-refractivity contribution is -0.322. The second-order valence-electron chi connectivity index (χ2n) is 16.9. The van der Waals surface area contributed by atoms with Gasteiger partial charge in [0.25, 0.3) is 0 Å². The number of carbonyl (C=O) groups is 3. The number of methoxy groups -OCH3 is 2. The van der Waals surface area contributed by atoms with Gasteiger partial charge in [0.05, 0.1) is 49.1 Å². The van der Waals surface area contributed by atoms with Crippen LogP contribution in [0.15, 0.2) is 70.2 Å². The number of aromatic amines is 2. The maximum absolute atomic E-state index is 15.4. The van der Waals surface area contributed by atoms with Crippen LogP contribution in [0.5, 0.6) is 0 Å². The summed E-state index contributed by atoms with van der Waals surface area (Å²) in [6.45, 7) is 5.84. The maximum atomic E-state index is 15.4. The summed E-state index contributed by atoms with van der Waals surface area (Å²) in [7, 11) is 0.693. The van der Waals surface area contributed by atoms with Crippen LogP contribution in [0.4, 0.5) is 4.79 Å². The number of pyridine rings is 1. The highest BCUT2D eigenvalue weighted by atomic mass is 33.1. The topological polar surface area (TPSA) is 220 Å². The van der Waals surface area contributed by atoms with Crippen LogP contribution in [0.3, 0.4) is 0 Å². The lowest BCUT2D eigenvalue weighted by Gasteiger charge is -2.51. The van der Waals surface area contributed by atoms with Crippen LogP contribution in [-0.4, -0.2) is 149 Å². The molecule has 2 aliphatic heterocycles. The van der Waals surface area contributed by atoms with Crippen LogP contribution in [0.1, 0.15) is 44.1 Å². The summed E-state index contributed by atoms with van der Waals surface area (Å²) in [6.07, 6.45) is -1.57. The number of ether oxygens (including phenoxy) is 6. The highest BCUT2D eigenvalue weighted by Gasteiger charge is 2.61. The molecule has 2 aliphatic carbocycles. The molecule has 4 heterocycles. The monoisotopic (exact) mass is 994 g/mol. The molecule has 358 valence electrons. The number of rotatable bonds is 13. The predicted octanol–water partition coefficient (Wildman–Crippen LogP) is 2.86. The average molecular weight is 995 g/mol. The number of allylic oxidation sites excluding steroid dienone is 2. The van der Waals surface area contributed by atoms with Crippen molar-refractivity contribution >= 4 is 80.8 Å². The molecule has 0 radical (unpaired) electrons. The van der Waals surface area contributed by atoms with Gasteiger partial charge in [-0.2, -0.15) is 0 Å². The zero-order valence-electron chi connectivity index (χ0n) is 37.9. The minimum absolute atomic E-state index is 0.0540. The van der Waals surface area contributed by atoms with E-state index < -0.39 is 85.1 Å². The Bertz CT molecular complexity index is 2820. The first-order valence-corrected chi connectivity index (χ1v) is 26.8. The number of fused-ring (bicyclic) bond motifs is 3. The van der Waals surface area contributed by atoms with Crippen molar-refractivity contribution in [2.75, 3.05) is 39.1 Å². The number of carbonyl (C=O) groups excluding carboxylic acids is 3. The quantitative estimate of drug-likeness (QED) is 0.107. The van der Waals surface area contributed by atoms with Crippen LogP contribution >= 0.6 is 11.8 Å². The summed E-state index contributed by atoms with van der Waals surface area (Å²) in [5.41, 5.74) is 1.25. The second-order valence-corrected chi connectivity index (χ2v) is 25.3. The van der Waals surface area contributed by atoms with Gasteiger partial charge in [-0.05, 0) is 77.7 Å². The number of aliphatic hydroxyl groups excluding tert-OH is 2. The highest BCUT2D eigenvalue weighted by molar-refractivity contribution is 8.56. The van der Waals surface area contributed by atoms with E-state index in [1.165, 1.54) is 24.3 Å². The number of aromatic nitrogens is 2. The van der Waals surface area contributed by atoms with Crippen molar-refractivity contribution in [1.82, 2.24) is 20.6 Å². The molecule has 2 fully saturated rings. The number of benzene rings is 1. The number of hydrogen-bond acceptors (Lipinski definition) is 16. The molecule has 0 spiro atoms. The Morgan fingerprint density at radius 2 is 1.88 bits per heavy atom. The van der Waals surface area contributed by atoms with E-state index in [-0.39, 0.29) is 64.8 Å². The summed E-state index contributed by atoms with van der Waals surface area (Å²) in [5.74, 6) is 10.9. The third-order valence-corrected chi connectivity index (χ3v) is 15.2. The Hall–Kier alpha value is -4.26. The van der Waals surface area contributed by atoms with Crippen molar-refractivity contribution in [2.45, 2.75) is 106 Å². The average Bonchev–Trinajstić information content (AvgIpc) is 3.65. The molecule has 2 saturated heterocycles. The molecule has 20 heteroatoms. The van der Waals surface area contributed by atoms with E-state index in [1.54, 1.807) is 51.0 Å². The minimum atomic E-state index is -2.05. The minimum Gasteiger partial charge on any atom is -0.453 e. The standard InChI is InChI=1S/C47H54N4O12S4/c1-24(2)49-32-23-60-37(22-36(32)58-4)63-42-44(56)47(66-6,43(55)41-40-28(16-18-48-41)27-15-14-26(52)20-31(27)50-40)25(3)61-45(42)62-35-13-11-9-8-10-12-30-38(35)29(17-19-67(7,64)65)33(53)21-34(54)39(30)51-46(57)59-5/h8-9,14-18,20,24-25,32-33,35-37,39,42,44-45,48-50,53,56H,19,21-23H2,1-7H3,(H,51,57)/b9-8-,29-17-/t25?,32?,33-,35-,36?,37?,39?,42?,44?,45?,47?/m0/s1. The molecule has 9 unspecified atom stereocenters. The SMILES string of the molecule is COC(=O)NC1C(=O)C[C@H](O)/C(=C/CS(C)(=S)=S)C2=C1C#C/C=C\C#C[C@@H]2OC1OC(C)C(SC)(C(=O)c2[nH]ccc3c2[nH]c2cc(=O)ccc23)C(O)C1OC1CC(OC)C(NC(C)C)CO1. The first-order valence-electron chi connectivity index (χ1n) is 21.5. The van der Waals surface area contributed by atoms with E-state index in [2.05, 4.69) is 44.3 Å². The van der Waals surface area contributed by atoms with E-state index >= 15 is 4.79 Å². The maximum Gasteiger partial charge on any atom is 0.407 e. The number of Topliss-reactive ketones (excluding diaryl/α,β-unsaturated/α-hetero) is 2.